The molecule has 72 valence electrons. The van der Waals surface area contributed by atoms with E-state index < -0.39 is 6.10 Å². The molecule has 1 aromatic rings. The summed E-state index contributed by atoms with van der Waals surface area (Å²) >= 11 is 0. The van der Waals surface area contributed by atoms with Gasteiger partial charge in [-0.2, -0.15) is 0 Å². The van der Waals surface area contributed by atoms with Gasteiger partial charge in [0.2, 0.25) is 0 Å². The van der Waals surface area contributed by atoms with Crippen LogP contribution in [0.25, 0.3) is 0 Å². The van der Waals surface area contributed by atoms with Gasteiger partial charge in [0.1, 0.15) is 0 Å². The smallest absolute Gasteiger partial charge is 0.0704 e. The summed E-state index contributed by atoms with van der Waals surface area (Å²) in [5.41, 5.74) is 9.27. The molecule has 0 spiro atoms. The zero-order chi connectivity index (χ0) is 10.0. The molecule has 2 heteroatoms. The summed E-state index contributed by atoms with van der Waals surface area (Å²) < 4.78 is 0. The van der Waals surface area contributed by atoms with Crippen LogP contribution in [0.1, 0.15) is 29.7 Å². The van der Waals surface area contributed by atoms with Crippen LogP contribution in [0.3, 0.4) is 0 Å². The number of benzene rings is 1. The van der Waals surface area contributed by atoms with Crippen LogP contribution < -0.4 is 5.73 Å². The highest BCUT2D eigenvalue weighted by atomic mass is 16.3. The van der Waals surface area contributed by atoms with E-state index in [1.807, 2.05) is 25.1 Å². The SMILES string of the molecule is Cc1ccc(C(N)C(C)O)cc1C. The summed E-state index contributed by atoms with van der Waals surface area (Å²) in [5.74, 6) is 0. The minimum absolute atomic E-state index is 0.278. The minimum atomic E-state index is -0.498. The molecule has 0 fully saturated rings. The average Bonchev–Trinajstić information content (AvgIpc) is 2.08. The molecule has 2 unspecified atom stereocenters. The third kappa shape index (κ3) is 2.29. The van der Waals surface area contributed by atoms with Gasteiger partial charge in [-0.3, -0.25) is 0 Å². The first-order valence-corrected chi connectivity index (χ1v) is 4.53. The quantitative estimate of drug-likeness (QED) is 0.725. The molecule has 2 nitrogen and oxygen atoms in total. The normalized spacial score (nSPS) is 15.5. The van der Waals surface area contributed by atoms with E-state index in [1.54, 1.807) is 6.92 Å². The van der Waals surface area contributed by atoms with Crippen molar-refractivity contribution in [3.63, 3.8) is 0 Å². The lowest BCUT2D eigenvalue weighted by molar-refractivity contribution is 0.164. The Morgan fingerprint density at radius 3 is 2.31 bits per heavy atom. The standard InChI is InChI=1S/C11H17NO/c1-7-4-5-10(6-8(7)2)11(12)9(3)13/h4-6,9,11,13H,12H2,1-3H3. The largest absolute Gasteiger partial charge is 0.391 e. The maximum Gasteiger partial charge on any atom is 0.0704 e. The van der Waals surface area contributed by atoms with Crippen LogP contribution in [0.2, 0.25) is 0 Å². The number of hydrogen-bond donors (Lipinski definition) is 2. The predicted octanol–water partition coefficient (Wildman–Crippen LogP) is 1.68. The minimum Gasteiger partial charge on any atom is -0.391 e. The summed E-state index contributed by atoms with van der Waals surface area (Å²) in [6, 6.07) is 5.76. The number of aliphatic hydroxyl groups excluding tert-OH is 1. The summed E-state index contributed by atoms with van der Waals surface area (Å²) in [4.78, 5) is 0. The van der Waals surface area contributed by atoms with Crippen LogP contribution in [0.4, 0.5) is 0 Å². The second-order valence-electron chi connectivity index (χ2n) is 3.61. The maximum atomic E-state index is 9.31. The van der Waals surface area contributed by atoms with E-state index >= 15 is 0 Å². The summed E-state index contributed by atoms with van der Waals surface area (Å²) in [6.07, 6.45) is -0.498. The third-order valence-electron chi connectivity index (χ3n) is 2.44. The zero-order valence-corrected chi connectivity index (χ0v) is 8.41. The highest BCUT2D eigenvalue weighted by Crippen LogP contribution is 2.17. The van der Waals surface area contributed by atoms with Gasteiger partial charge in [0.25, 0.3) is 0 Å². The monoisotopic (exact) mass is 179 g/mol. The fourth-order valence-electron chi connectivity index (χ4n) is 1.25. The summed E-state index contributed by atoms with van der Waals surface area (Å²) in [7, 11) is 0. The van der Waals surface area contributed by atoms with Crippen molar-refractivity contribution in [2.45, 2.75) is 32.9 Å². The van der Waals surface area contributed by atoms with Gasteiger partial charge in [-0.15, -0.1) is 0 Å². The Labute approximate surface area is 79.4 Å². The average molecular weight is 179 g/mol. The first kappa shape index (κ1) is 10.2. The van der Waals surface area contributed by atoms with E-state index in [2.05, 4.69) is 6.92 Å². The molecule has 13 heavy (non-hydrogen) atoms. The van der Waals surface area contributed by atoms with Gasteiger partial charge in [-0.1, -0.05) is 18.2 Å². The molecule has 3 N–H and O–H groups in total. The highest BCUT2D eigenvalue weighted by molar-refractivity contribution is 5.31. The Morgan fingerprint density at radius 2 is 1.85 bits per heavy atom. The lowest BCUT2D eigenvalue weighted by Crippen LogP contribution is -2.23. The maximum absolute atomic E-state index is 9.31. The Bertz CT molecular complexity index is 294. The molecule has 0 aliphatic heterocycles. The third-order valence-corrected chi connectivity index (χ3v) is 2.44. The van der Waals surface area contributed by atoms with E-state index in [4.69, 9.17) is 5.73 Å². The van der Waals surface area contributed by atoms with E-state index in [9.17, 15) is 5.11 Å². The van der Waals surface area contributed by atoms with E-state index in [-0.39, 0.29) is 6.04 Å². The Kier molecular flexibility index (Phi) is 3.07. The van der Waals surface area contributed by atoms with Crippen LogP contribution in [-0.2, 0) is 0 Å². The first-order valence-electron chi connectivity index (χ1n) is 4.53. The van der Waals surface area contributed by atoms with E-state index in [0.717, 1.165) is 5.56 Å². The van der Waals surface area contributed by atoms with Gasteiger partial charge < -0.3 is 10.8 Å². The highest BCUT2D eigenvalue weighted by Gasteiger charge is 2.11. The van der Waals surface area contributed by atoms with Crippen molar-refractivity contribution in [3.05, 3.63) is 34.9 Å². The molecule has 2 atom stereocenters. The lowest BCUT2D eigenvalue weighted by atomic mass is 9.99. The van der Waals surface area contributed by atoms with Crippen molar-refractivity contribution in [1.29, 1.82) is 0 Å². The molecule has 0 heterocycles. The van der Waals surface area contributed by atoms with Gasteiger partial charge in [-0.25, -0.2) is 0 Å². The molecule has 0 radical (unpaired) electrons. The summed E-state index contributed by atoms with van der Waals surface area (Å²) in [6.45, 7) is 5.82. The molecular formula is C11H17NO. The molecule has 0 bridgehead atoms. The van der Waals surface area contributed by atoms with Crippen LogP contribution >= 0.6 is 0 Å². The molecule has 1 aromatic carbocycles. The molecule has 0 saturated carbocycles. The predicted molar refractivity (Wildman–Crippen MR) is 54.5 cm³/mol. The molecule has 0 aliphatic carbocycles. The lowest BCUT2D eigenvalue weighted by Gasteiger charge is -2.16. The molecule has 0 aromatic heterocycles. The number of rotatable bonds is 2. The molecular weight excluding hydrogens is 162 g/mol. The fourth-order valence-corrected chi connectivity index (χ4v) is 1.25. The molecule has 0 saturated heterocycles. The number of aryl methyl sites for hydroxylation is 2. The Hall–Kier alpha value is -0.860. The van der Waals surface area contributed by atoms with E-state index in [1.165, 1.54) is 11.1 Å². The molecule has 0 aliphatic rings. The van der Waals surface area contributed by atoms with Gasteiger partial charge in [-0.05, 0) is 37.5 Å². The second-order valence-corrected chi connectivity index (χ2v) is 3.61. The van der Waals surface area contributed by atoms with Crippen molar-refractivity contribution in [3.8, 4) is 0 Å². The first-order chi connectivity index (χ1) is 6.02. The van der Waals surface area contributed by atoms with Gasteiger partial charge in [0.05, 0.1) is 12.1 Å². The van der Waals surface area contributed by atoms with E-state index in [0.29, 0.717) is 0 Å². The molecule has 1 rings (SSSR count). The molecule has 0 amide bonds. The van der Waals surface area contributed by atoms with Crippen LogP contribution in [-0.4, -0.2) is 11.2 Å². The zero-order valence-electron chi connectivity index (χ0n) is 8.41. The van der Waals surface area contributed by atoms with Crippen LogP contribution in [0.15, 0.2) is 18.2 Å². The van der Waals surface area contributed by atoms with Gasteiger partial charge in [0, 0.05) is 0 Å². The Balaban J connectivity index is 2.97. The van der Waals surface area contributed by atoms with Gasteiger partial charge >= 0.3 is 0 Å². The summed E-state index contributed by atoms with van der Waals surface area (Å²) in [5, 5.41) is 9.31. The van der Waals surface area contributed by atoms with Crippen LogP contribution in [0.5, 0.6) is 0 Å². The number of nitrogens with two attached hydrogens (primary N) is 1. The van der Waals surface area contributed by atoms with Crippen LogP contribution in [0, 0.1) is 13.8 Å². The second kappa shape index (κ2) is 3.90. The van der Waals surface area contributed by atoms with Crippen molar-refractivity contribution in [1.82, 2.24) is 0 Å². The number of aliphatic hydroxyl groups is 1. The topological polar surface area (TPSA) is 46.2 Å². The van der Waals surface area contributed by atoms with Crippen molar-refractivity contribution in [2.24, 2.45) is 5.73 Å². The van der Waals surface area contributed by atoms with Crippen molar-refractivity contribution in [2.75, 3.05) is 0 Å². The van der Waals surface area contributed by atoms with Crippen molar-refractivity contribution >= 4 is 0 Å². The fraction of sp³-hybridized carbons (Fsp3) is 0.455. The van der Waals surface area contributed by atoms with Crippen molar-refractivity contribution < 1.29 is 5.11 Å². The van der Waals surface area contributed by atoms with Gasteiger partial charge in [0.15, 0.2) is 0 Å². The Morgan fingerprint density at radius 1 is 1.23 bits per heavy atom. The number of hydrogen-bond acceptors (Lipinski definition) is 2.